The maximum Gasteiger partial charge on any atom is 0.321 e. The number of benzene rings is 2. The van der Waals surface area contributed by atoms with Crippen LogP contribution < -0.4 is 15.7 Å². The summed E-state index contributed by atoms with van der Waals surface area (Å²) in [5.41, 5.74) is 6.81. The summed E-state index contributed by atoms with van der Waals surface area (Å²) in [5, 5.41) is 11.9. The highest BCUT2D eigenvalue weighted by molar-refractivity contribution is 5.90. The number of carbonyl (C=O) groups excluding carboxylic acids is 1. The summed E-state index contributed by atoms with van der Waals surface area (Å²) in [6.45, 7) is 7.00. The van der Waals surface area contributed by atoms with Crippen molar-refractivity contribution in [2.24, 2.45) is 0 Å². The lowest BCUT2D eigenvalue weighted by atomic mass is 10.2. The minimum absolute atomic E-state index is 0.0867. The molecule has 132 valence electrons. The van der Waals surface area contributed by atoms with Gasteiger partial charge in [-0.1, -0.05) is 17.7 Å². The SMILES string of the molecule is Cc1ccc(N2CCN(C(=O)Nc3ccc(NO)cc3C)CC2)cc1. The lowest BCUT2D eigenvalue weighted by molar-refractivity contribution is 0.208. The van der Waals surface area contributed by atoms with E-state index in [2.05, 4.69) is 46.9 Å². The quantitative estimate of drug-likeness (QED) is 0.749. The third kappa shape index (κ3) is 4.03. The smallest absolute Gasteiger partial charge is 0.321 e. The van der Waals surface area contributed by atoms with Gasteiger partial charge in [0.05, 0.1) is 5.69 Å². The van der Waals surface area contributed by atoms with Gasteiger partial charge in [0.2, 0.25) is 0 Å². The van der Waals surface area contributed by atoms with E-state index < -0.39 is 0 Å². The van der Waals surface area contributed by atoms with E-state index in [4.69, 9.17) is 5.21 Å². The first-order chi connectivity index (χ1) is 12.1. The van der Waals surface area contributed by atoms with Crippen LogP contribution in [0, 0.1) is 13.8 Å². The Balaban J connectivity index is 1.57. The fourth-order valence-electron chi connectivity index (χ4n) is 2.99. The van der Waals surface area contributed by atoms with Gasteiger partial charge < -0.3 is 15.1 Å². The molecule has 0 bridgehead atoms. The van der Waals surface area contributed by atoms with Gasteiger partial charge in [0.1, 0.15) is 0 Å². The number of aryl methyl sites for hydroxylation is 2. The van der Waals surface area contributed by atoms with Crippen LogP contribution in [0.2, 0.25) is 0 Å². The average Bonchev–Trinajstić information content (AvgIpc) is 2.64. The molecule has 25 heavy (non-hydrogen) atoms. The Labute approximate surface area is 148 Å². The van der Waals surface area contributed by atoms with E-state index in [0.29, 0.717) is 18.8 Å². The van der Waals surface area contributed by atoms with Crippen LogP contribution in [0.4, 0.5) is 21.9 Å². The number of urea groups is 1. The van der Waals surface area contributed by atoms with Crippen molar-refractivity contribution in [2.75, 3.05) is 41.9 Å². The Hall–Kier alpha value is -2.73. The molecule has 0 atom stereocenters. The number of rotatable bonds is 3. The third-order valence-corrected chi connectivity index (χ3v) is 4.56. The van der Waals surface area contributed by atoms with Crippen LogP contribution in [0.5, 0.6) is 0 Å². The van der Waals surface area contributed by atoms with Gasteiger partial charge in [0, 0.05) is 37.6 Å². The van der Waals surface area contributed by atoms with Crippen LogP contribution >= 0.6 is 0 Å². The first-order valence-electron chi connectivity index (χ1n) is 8.45. The number of hydrogen-bond acceptors (Lipinski definition) is 4. The van der Waals surface area contributed by atoms with Crippen molar-refractivity contribution in [1.29, 1.82) is 0 Å². The van der Waals surface area contributed by atoms with Crippen molar-refractivity contribution in [2.45, 2.75) is 13.8 Å². The van der Waals surface area contributed by atoms with Gasteiger partial charge in [-0.3, -0.25) is 10.7 Å². The van der Waals surface area contributed by atoms with E-state index in [-0.39, 0.29) is 6.03 Å². The van der Waals surface area contributed by atoms with Gasteiger partial charge in [-0.2, -0.15) is 0 Å². The van der Waals surface area contributed by atoms with E-state index in [9.17, 15) is 4.79 Å². The standard InChI is InChI=1S/C19H24N4O2/c1-14-3-6-17(7-4-14)22-9-11-23(12-10-22)19(24)20-18-8-5-16(21-25)13-15(18)2/h3-8,13,21,25H,9-12H2,1-2H3,(H,20,24). The van der Waals surface area contributed by atoms with Crippen LogP contribution in [0.3, 0.4) is 0 Å². The molecule has 6 heteroatoms. The van der Waals surface area contributed by atoms with Crippen molar-refractivity contribution in [3.8, 4) is 0 Å². The molecule has 1 aliphatic heterocycles. The number of amides is 2. The topological polar surface area (TPSA) is 67.8 Å². The molecule has 1 aliphatic rings. The van der Waals surface area contributed by atoms with Crippen LogP contribution in [-0.2, 0) is 0 Å². The highest BCUT2D eigenvalue weighted by Gasteiger charge is 2.21. The molecular weight excluding hydrogens is 316 g/mol. The fourth-order valence-corrected chi connectivity index (χ4v) is 2.99. The Morgan fingerprint density at radius 3 is 2.28 bits per heavy atom. The van der Waals surface area contributed by atoms with Crippen molar-refractivity contribution in [1.82, 2.24) is 4.90 Å². The summed E-state index contributed by atoms with van der Waals surface area (Å²) in [6.07, 6.45) is 0. The molecule has 1 fully saturated rings. The number of hydrogen-bond donors (Lipinski definition) is 3. The largest absolute Gasteiger partial charge is 0.368 e. The second kappa shape index (κ2) is 7.44. The maximum absolute atomic E-state index is 12.5. The Bertz CT molecular complexity index is 738. The molecular formula is C19H24N4O2. The summed E-state index contributed by atoms with van der Waals surface area (Å²) in [6, 6.07) is 13.7. The molecule has 1 heterocycles. The maximum atomic E-state index is 12.5. The first-order valence-corrected chi connectivity index (χ1v) is 8.45. The zero-order valence-electron chi connectivity index (χ0n) is 14.6. The summed E-state index contributed by atoms with van der Waals surface area (Å²) < 4.78 is 0. The third-order valence-electron chi connectivity index (χ3n) is 4.56. The number of nitrogens with one attached hydrogen (secondary N) is 2. The second-order valence-corrected chi connectivity index (χ2v) is 6.38. The van der Waals surface area contributed by atoms with Crippen LogP contribution in [0.15, 0.2) is 42.5 Å². The normalized spacial score (nSPS) is 14.4. The molecule has 2 amide bonds. The molecule has 2 aromatic carbocycles. The van der Waals surface area contributed by atoms with E-state index in [1.165, 1.54) is 11.3 Å². The lowest BCUT2D eigenvalue weighted by Gasteiger charge is -2.36. The lowest BCUT2D eigenvalue weighted by Crippen LogP contribution is -2.50. The van der Waals surface area contributed by atoms with Gasteiger partial charge >= 0.3 is 6.03 Å². The van der Waals surface area contributed by atoms with Gasteiger partial charge in [-0.25, -0.2) is 4.79 Å². The van der Waals surface area contributed by atoms with E-state index >= 15 is 0 Å². The summed E-state index contributed by atoms with van der Waals surface area (Å²) in [7, 11) is 0. The number of piperazine rings is 1. The predicted octanol–water partition coefficient (Wildman–Crippen LogP) is 3.46. The van der Waals surface area contributed by atoms with Crippen molar-refractivity contribution in [3.63, 3.8) is 0 Å². The zero-order chi connectivity index (χ0) is 17.8. The number of carbonyl (C=O) groups is 1. The van der Waals surface area contributed by atoms with Gasteiger partial charge in [-0.05, 0) is 49.7 Å². The molecule has 2 aromatic rings. The Morgan fingerprint density at radius 2 is 1.68 bits per heavy atom. The van der Waals surface area contributed by atoms with Crippen molar-refractivity contribution >= 4 is 23.1 Å². The highest BCUT2D eigenvalue weighted by Crippen LogP contribution is 2.21. The average molecular weight is 340 g/mol. The number of anilines is 3. The van der Waals surface area contributed by atoms with E-state index in [1.54, 1.807) is 18.2 Å². The molecule has 3 rings (SSSR count). The zero-order valence-corrected chi connectivity index (χ0v) is 14.6. The molecule has 0 unspecified atom stereocenters. The molecule has 0 spiro atoms. The van der Waals surface area contributed by atoms with Crippen LogP contribution in [-0.4, -0.2) is 42.3 Å². The van der Waals surface area contributed by atoms with E-state index in [1.807, 2.05) is 11.8 Å². The number of nitrogens with zero attached hydrogens (tertiary/aromatic N) is 2. The highest BCUT2D eigenvalue weighted by atomic mass is 16.5. The molecule has 0 aliphatic carbocycles. The molecule has 1 saturated heterocycles. The van der Waals surface area contributed by atoms with Crippen molar-refractivity contribution < 1.29 is 10.0 Å². The second-order valence-electron chi connectivity index (χ2n) is 6.38. The van der Waals surface area contributed by atoms with Crippen LogP contribution in [0.1, 0.15) is 11.1 Å². The monoisotopic (exact) mass is 340 g/mol. The van der Waals surface area contributed by atoms with Gasteiger partial charge in [-0.15, -0.1) is 0 Å². The summed E-state index contributed by atoms with van der Waals surface area (Å²) in [5.74, 6) is 0. The molecule has 6 nitrogen and oxygen atoms in total. The first kappa shape index (κ1) is 17.1. The van der Waals surface area contributed by atoms with E-state index in [0.717, 1.165) is 24.3 Å². The minimum Gasteiger partial charge on any atom is -0.368 e. The van der Waals surface area contributed by atoms with Crippen molar-refractivity contribution in [3.05, 3.63) is 53.6 Å². The summed E-state index contributed by atoms with van der Waals surface area (Å²) in [4.78, 5) is 16.6. The van der Waals surface area contributed by atoms with Gasteiger partial charge in [0.15, 0.2) is 0 Å². The molecule has 0 radical (unpaired) electrons. The molecule has 0 aromatic heterocycles. The Kier molecular flexibility index (Phi) is 5.09. The molecule has 3 N–H and O–H groups in total. The predicted molar refractivity (Wildman–Crippen MR) is 101 cm³/mol. The van der Waals surface area contributed by atoms with Crippen LogP contribution in [0.25, 0.3) is 0 Å². The molecule has 0 saturated carbocycles. The summed E-state index contributed by atoms with van der Waals surface area (Å²) >= 11 is 0. The fraction of sp³-hybridized carbons (Fsp3) is 0.316. The minimum atomic E-state index is -0.0867. The van der Waals surface area contributed by atoms with Gasteiger partial charge in [0.25, 0.3) is 0 Å². The Morgan fingerprint density at radius 1 is 1.00 bits per heavy atom.